The molecule has 1 aromatic heterocycles. The Bertz CT molecular complexity index is 562. The quantitative estimate of drug-likeness (QED) is 0.927. The van der Waals surface area contributed by atoms with Crippen molar-refractivity contribution in [3.8, 4) is 0 Å². The van der Waals surface area contributed by atoms with Gasteiger partial charge in [0.1, 0.15) is 0 Å². The molecule has 2 rings (SSSR count). The fourth-order valence-electron chi connectivity index (χ4n) is 1.80. The SMILES string of the molecule is Cc1ccc(C(=O)N(C)C)cc1NCc1cccs1. The molecular formula is C15H18N2OS. The summed E-state index contributed by atoms with van der Waals surface area (Å²) in [6, 6.07) is 9.91. The zero-order valence-corrected chi connectivity index (χ0v) is 12.3. The molecule has 1 aromatic carbocycles. The largest absolute Gasteiger partial charge is 0.380 e. The van der Waals surface area contributed by atoms with Crippen LogP contribution in [0.3, 0.4) is 0 Å². The predicted molar refractivity (Wildman–Crippen MR) is 80.8 cm³/mol. The third kappa shape index (κ3) is 3.35. The minimum atomic E-state index is 0.0270. The highest BCUT2D eigenvalue weighted by atomic mass is 32.1. The number of aryl methyl sites for hydroxylation is 1. The number of anilines is 1. The van der Waals surface area contributed by atoms with Crippen molar-refractivity contribution in [3.05, 3.63) is 51.7 Å². The van der Waals surface area contributed by atoms with Crippen molar-refractivity contribution in [2.75, 3.05) is 19.4 Å². The molecule has 0 bridgehead atoms. The molecule has 0 aliphatic carbocycles. The highest BCUT2D eigenvalue weighted by Gasteiger charge is 2.09. The lowest BCUT2D eigenvalue weighted by molar-refractivity contribution is 0.0827. The summed E-state index contributed by atoms with van der Waals surface area (Å²) in [6.07, 6.45) is 0. The van der Waals surface area contributed by atoms with Crippen molar-refractivity contribution in [1.29, 1.82) is 0 Å². The minimum Gasteiger partial charge on any atom is -0.380 e. The van der Waals surface area contributed by atoms with Crippen molar-refractivity contribution >= 4 is 22.9 Å². The van der Waals surface area contributed by atoms with E-state index < -0.39 is 0 Å². The van der Waals surface area contributed by atoms with Crippen LogP contribution in [0.2, 0.25) is 0 Å². The smallest absolute Gasteiger partial charge is 0.253 e. The number of hydrogen-bond donors (Lipinski definition) is 1. The Morgan fingerprint density at radius 2 is 2.11 bits per heavy atom. The van der Waals surface area contributed by atoms with Gasteiger partial charge in [0.25, 0.3) is 5.91 Å². The van der Waals surface area contributed by atoms with E-state index in [0.29, 0.717) is 5.56 Å². The first-order chi connectivity index (χ1) is 9.08. The summed E-state index contributed by atoms with van der Waals surface area (Å²) in [6.45, 7) is 2.83. The molecule has 0 atom stereocenters. The van der Waals surface area contributed by atoms with E-state index in [1.165, 1.54) is 4.88 Å². The topological polar surface area (TPSA) is 32.3 Å². The molecule has 0 aliphatic heterocycles. The maximum atomic E-state index is 11.9. The molecule has 0 radical (unpaired) electrons. The van der Waals surface area contributed by atoms with E-state index in [4.69, 9.17) is 0 Å². The number of rotatable bonds is 4. The molecule has 0 aliphatic rings. The first-order valence-electron chi connectivity index (χ1n) is 6.16. The Morgan fingerprint density at radius 1 is 1.32 bits per heavy atom. The fraction of sp³-hybridized carbons (Fsp3) is 0.267. The summed E-state index contributed by atoms with van der Waals surface area (Å²) in [5, 5.41) is 5.45. The summed E-state index contributed by atoms with van der Waals surface area (Å²) in [5.74, 6) is 0.0270. The van der Waals surface area contributed by atoms with Crippen LogP contribution in [0.1, 0.15) is 20.8 Å². The minimum absolute atomic E-state index is 0.0270. The van der Waals surface area contributed by atoms with Gasteiger partial charge in [0, 0.05) is 36.8 Å². The molecule has 0 saturated heterocycles. The van der Waals surface area contributed by atoms with Crippen molar-refractivity contribution in [3.63, 3.8) is 0 Å². The van der Waals surface area contributed by atoms with Crippen molar-refractivity contribution in [1.82, 2.24) is 4.90 Å². The highest BCUT2D eigenvalue weighted by molar-refractivity contribution is 7.09. The second kappa shape index (κ2) is 5.89. The van der Waals surface area contributed by atoms with Gasteiger partial charge in [0.05, 0.1) is 0 Å². The zero-order valence-electron chi connectivity index (χ0n) is 11.4. The average molecular weight is 274 g/mol. The van der Waals surface area contributed by atoms with Crippen molar-refractivity contribution in [2.45, 2.75) is 13.5 Å². The molecule has 19 heavy (non-hydrogen) atoms. The number of carbonyl (C=O) groups excluding carboxylic acids is 1. The number of thiophene rings is 1. The maximum absolute atomic E-state index is 11.9. The second-order valence-corrected chi connectivity index (χ2v) is 5.69. The lowest BCUT2D eigenvalue weighted by Gasteiger charge is -2.14. The standard InChI is InChI=1S/C15H18N2OS/c1-11-6-7-12(15(18)17(2)3)9-14(11)16-10-13-5-4-8-19-13/h4-9,16H,10H2,1-3H3. The lowest BCUT2D eigenvalue weighted by atomic mass is 10.1. The third-order valence-electron chi connectivity index (χ3n) is 2.92. The van der Waals surface area contributed by atoms with Crippen LogP contribution in [0.25, 0.3) is 0 Å². The molecule has 100 valence electrons. The van der Waals surface area contributed by atoms with E-state index in [2.05, 4.69) is 16.8 Å². The van der Waals surface area contributed by atoms with Crippen LogP contribution in [0, 0.1) is 6.92 Å². The van der Waals surface area contributed by atoms with Crippen LogP contribution in [0.15, 0.2) is 35.7 Å². The molecule has 0 saturated carbocycles. The number of hydrogen-bond acceptors (Lipinski definition) is 3. The normalized spacial score (nSPS) is 10.3. The molecule has 1 amide bonds. The van der Waals surface area contributed by atoms with Crippen molar-refractivity contribution < 1.29 is 4.79 Å². The molecule has 3 nitrogen and oxygen atoms in total. The van der Waals surface area contributed by atoms with Gasteiger partial charge in [-0.3, -0.25) is 4.79 Å². The summed E-state index contributed by atoms with van der Waals surface area (Å²) in [7, 11) is 3.53. The summed E-state index contributed by atoms with van der Waals surface area (Å²) in [4.78, 5) is 14.8. The van der Waals surface area contributed by atoms with Crippen LogP contribution < -0.4 is 5.32 Å². The first-order valence-corrected chi connectivity index (χ1v) is 7.04. The predicted octanol–water partition coefficient (Wildman–Crippen LogP) is 3.37. The fourth-order valence-corrected chi connectivity index (χ4v) is 2.44. The lowest BCUT2D eigenvalue weighted by Crippen LogP contribution is -2.21. The van der Waals surface area contributed by atoms with E-state index in [0.717, 1.165) is 17.8 Å². The zero-order chi connectivity index (χ0) is 13.8. The Labute approximate surface area is 117 Å². The number of benzene rings is 1. The van der Waals surface area contributed by atoms with Crippen LogP contribution in [0.4, 0.5) is 5.69 Å². The average Bonchev–Trinajstić information content (AvgIpc) is 2.90. The van der Waals surface area contributed by atoms with Crippen LogP contribution in [-0.4, -0.2) is 24.9 Å². The molecule has 2 aromatic rings. The summed E-state index contributed by atoms with van der Waals surface area (Å²) in [5.41, 5.74) is 2.87. The molecule has 0 unspecified atom stereocenters. The molecule has 0 fully saturated rings. The van der Waals surface area contributed by atoms with Crippen LogP contribution >= 0.6 is 11.3 Å². The summed E-state index contributed by atoms with van der Waals surface area (Å²) < 4.78 is 0. The van der Waals surface area contributed by atoms with E-state index in [1.54, 1.807) is 30.3 Å². The van der Waals surface area contributed by atoms with Gasteiger partial charge in [-0.15, -0.1) is 11.3 Å². The maximum Gasteiger partial charge on any atom is 0.253 e. The Kier molecular flexibility index (Phi) is 4.22. The number of carbonyl (C=O) groups is 1. The Balaban J connectivity index is 2.15. The van der Waals surface area contributed by atoms with Gasteiger partial charge in [0.15, 0.2) is 0 Å². The van der Waals surface area contributed by atoms with Gasteiger partial charge in [-0.2, -0.15) is 0 Å². The van der Waals surface area contributed by atoms with Gasteiger partial charge >= 0.3 is 0 Å². The number of nitrogens with one attached hydrogen (secondary N) is 1. The Hall–Kier alpha value is -1.81. The molecule has 1 heterocycles. The third-order valence-corrected chi connectivity index (χ3v) is 3.80. The van der Waals surface area contributed by atoms with Gasteiger partial charge in [-0.25, -0.2) is 0 Å². The first kappa shape index (κ1) is 13.6. The second-order valence-electron chi connectivity index (χ2n) is 4.66. The van der Waals surface area contributed by atoms with E-state index in [1.807, 2.05) is 31.2 Å². The monoisotopic (exact) mass is 274 g/mol. The molecule has 1 N–H and O–H groups in total. The van der Waals surface area contributed by atoms with Crippen molar-refractivity contribution in [2.24, 2.45) is 0 Å². The van der Waals surface area contributed by atoms with Gasteiger partial charge < -0.3 is 10.2 Å². The van der Waals surface area contributed by atoms with Gasteiger partial charge in [-0.1, -0.05) is 12.1 Å². The van der Waals surface area contributed by atoms with Gasteiger partial charge in [-0.05, 0) is 36.1 Å². The molecule has 0 spiro atoms. The van der Waals surface area contributed by atoms with E-state index in [-0.39, 0.29) is 5.91 Å². The number of nitrogens with zero attached hydrogens (tertiary/aromatic N) is 1. The Morgan fingerprint density at radius 3 is 2.74 bits per heavy atom. The van der Waals surface area contributed by atoms with Gasteiger partial charge in [0.2, 0.25) is 0 Å². The summed E-state index contributed by atoms with van der Waals surface area (Å²) >= 11 is 1.73. The van der Waals surface area contributed by atoms with E-state index >= 15 is 0 Å². The molecular weight excluding hydrogens is 256 g/mol. The molecule has 4 heteroatoms. The van der Waals surface area contributed by atoms with Crippen LogP contribution in [-0.2, 0) is 6.54 Å². The number of amides is 1. The van der Waals surface area contributed by atoms with E-state index in [9.17, 15) is 4.79 Å². The highest BCUT2D eigenvalue weighted by Crippen LogP contribution is 2.19. The van der Waals surface area contributed by atoms with Crippen LogP contribution in [0.5, 0.6) is 0 Å².